The molecule has 0 aliphatic carbocycles. The highest BCUT2D eigenvalue weighted by molar-refractivity contribution is 5.35. The number of rotatable bonds is 2. The summed E-state index contributed by atoms with van der Waals surface area (Å²) in [6.07, 6.45) is -3.04. The van der Waals surface area contributed by atoms with Crippen LogP contribution in [0.2, 0.25) is 0 Å². The first kappa shape index (κ1) is 12.3. The molecule has 1 aromatic heterocycles. The van der Waals surface area contributed by atoms with Crippen LogP contribution in [0, 0.1) is 0 Å². The highest BCUT2D eigenvalue weighted by Crippen LogP contribution is 2.32. The SMILES string of the molecule is Cn1c(N)cnc1Oc1cccc(C(F)(F)F)c1. The Hall–Kier alpha value is -2.18. The lowest BCUT2D eigenvalue weighted by atomic mass is 10.2. The van der Waals surface area contributed by atoms with Crippen molar-refractivity contribution in [3.05, 3.63) is 36.0 Å². The molecular formula is C11H10F3N3O. The normalized spacial score (nSPS) is 11.6. The highest BCUT2D eigenvalue weighted by Gasteiger charge is 2.30. The Balaban J connectivity index is 2.28. The predicted molar refractivity (Wildman–Crippen MR) is 59.1 cm³/mol. The summed E-state index contributed by atoms with van der Waals surface area (Å²) < 4.78 is 44.1. The Labute approximate surface area is 101 Å². The number of hydrogen-bond acceptors (Lipinski definition) is 3. The van der Waals surface area contributed by atoms with Gasteiger partial charge in [-0.2, -0.15) is 13.2 Å². The molecule has 0 atom stereocenters. The first-order valence-corrected chi connectivity index (χ1v) is 5.00. The number of nitrogen functional groups attached to an aromatic ring is 1. The third kappa shape index (κ3) is 2.39. The minimum atomic E-state index is -4.40. The number of benzene rings is 1. The first-order chi connectivity index (χ1) is 8.38. The molecule has 0 bridgehead atoms. The fourth-order valence-corrected chi connectivity index (χ4v) is 1.34. The van der Waals surface area contributed by atoms with E-state index in [1.54, 1.807) is 7.05 Å². The van der Waals surface area contributed by atoms with E-state index in [0.717, 1.165) is 12.1 Å². The number of ether oxygens (including phenoxy) is 1. The van der Waals surface area contributed by atoms with Crippen LogP contribution >= 0.6 is 0 Å². The number of hydrogen-bond donors (Lipinski definition) is 1. The molecule has 0 amide bonds. The van der Waals surface area contributed by atoms with E-state index in [0.29, 0.717) is 5.82 Å². The smallest absolute Gasteiger partial charge is 0.416 e. The molecule has 1 heterocycles. The van der Waals surface area contributed by atoms with E-state index in [9.17, 15) is 13.2 Å². The second kappa shape index (κ2) is 4.25. The van der Waals surface area contributed by atoms with Crippen LogP contribution in [0.25, 0.3) is 0 Å². The Bertz CT molecular complexity index is 563. The Morgan fingerprint density at radius 1 is 1.33 bits per heavy atom. The molecule has 0 radical (unpaired) electrons. The average Bonchev–Trinajstić information content (AvgIpc) is 2.60. The molecule has 0 aliphatic heterocycles. The van der Waals surface area contributed by atoms with Gasteiger partial charge in [-0.15, -0.1) is 0 Å². The number of anilines is 1. The number of imidazole rings is 1. The minimum absolute atomic E-state index is 0.0542. The summed E-state index contributed by atoms with van der Waals surface area (Å²) in [4.78, 5) is 3.84. The summed E-state index contributed by atoms with van der Waals surface area (Å²) in [5.74, 6) is 0.413. The molecule has 0 saturated heterocycles. The Morgan fingerprint density at radius 2 is 2.06 bits per heavy atom. The molecular weight excluding hydrogens is 247 g/mol. The van der Waals surface area contributed by atoms with Crippen LogP contribution in [0.4, 0.5) is 19.0 Å². The van der Waals surface area contributed by atoms with Crippen LogP contribution in [-0.4, -0.2) is 9.55 Å². The molecule has 0 aliphatic rings. The molecule has 2 N–H and O–H groups in total. The van der Waals surface area contributed by atoms with Crippen LogP contribution < -0.4 is 10.5 Å². The highest BCUT2D eigenvalue weighted by atomic mass is 19.4. The number of aromatic nitrogens is 2. The van der Waals surface area contributed by atoms with E-state index in [2.05, 4.69) is 4.98 Å². The quantitative estimate of drug-likeness (QED) is 0.900. The van der Waals surface area contributed by atoms with E-state index >= 15 is 0 Å². The summed E-state index contributed by atoms with van der Waals surface area (Å²) in [6.45, 7) is 0. The summed E-state index contributed by atoms with van der Waals surface area (Å²) in [5.41, 5.74) is 4.76. The van der Waals surface area contributed by atoms with Gasteiger partial charge in [0.2, 0.25) is 0 Å². The molecule has 0 unspecified atom stereocenters. The maximum atomic E-state index is 12.5. The lowest BCUT2D eigenvalue weighted by Gasteiger charge is -2.09. The van der Waals surface area contributed by atoms with Crippen LogP contribution in [-0.2, 0) is 13.2 Å². The number of halogens is 3. The standard InChI is InChI=1S/C11H10F3N3O/c1-17-9(15)6-16-10(17)18-8-4-2-3-7(5-8)11(12,13)14/h2-6H,15H2,1H3. The van der Waals surface area contributed by atoms with E-state index in [1.165, 1.54) is 22.9 Å². The summed E-state index contributed by atoms with van der Waals surface area (Å²) >= 11 is 0. The fraction of sp³-hybridized carbons (Fsp3) is 0.182. The largest absolute Gasteiger partial charge is 0.425 e. The molecule has 1 aromatic carbocycles. The number of nitrogens with two attached hydrogens (primary N) is 1. The first-order valence-electron chi connectivity index (χ1n) is 5.00. The molecule has 0 fully saturated rings. The Morgan fingerprint density at radius 3 is 2.61 bits per heavy atom. The maximum Gasteiger partial charge on any atom is 0.416 e. The molecule has 0 spiro atoms. The molecule has 2 aromatic rings. The van der Waals surface area contributed by atoms with E-state index in [4.69, 9.17) is 10.5 Å². The third-order valence-corrected chi connectivity index (χ3v) is 2.35. The van der Waals surface area contributed by atoms with Crippen LogP contribution in [0.1, 0.15) is 5.56 Å². The summed E-state index contributed by atoms with van der Waals surface area (Å²) in [6, 6.07) is 4.70. The monoisotopic (exact) mass is 257 g/mol. The van der Waals surface area contributed by atoms with Gasteiger partial charge in [0.25, 0.3) is 0 Å². The van der Waals surface area contributed by atoms with Crippen molar-refractivity contribution >= 4 is 5.82 Å². The van der Waals surface area contributed by atoms with Crippen molar-refractivity contribution in [2.24, 2.45) is 7.05 Å². The van der Waals surface area contributed by atoms with Gasteiger partial charge in [0.05, 0.1) is 11.8 Å². The van der Waals surface area contributed by atoms with Crippen LogP contribution in [0.15, 0.2) is 30.5 Å². The minimum Gasteiger partial charge on any atom is -0.425 e. The zero-order chi connectivity index (χ0) is 13.3. The number of nitrogens with zero attached hydrogens (tertiary/aromatic N) is 2. The summed E-state index contributed by atoms with van der Waals surface area (Å²) in [7, 11) is 1.60. The van der Waals surface area contributed by atoms with Crippen molar-refractivity contribution < 1.29 is 17.9 Å². The van der Waals surface area contributed by atoms with Gasteiger partial charge in [0.1, 0.15) is 11.6 Å². The second-order valence-electron chi connectivity index (χ2n) is 3.65. The van der Waals surface area contributed by atoms with Gasteiger partial charge in [0, 0.05) is 7.05 Å². The van der Waals surface area contributed by atoms with Gasteiger partial charge in [0.15, 0.2) is 0 Å². The van der Waals surface area contributed by atoms with E-state index in [-0.39, 0.29) is 11.8 Å². The predicted octanol–water partition coefficient (Wildman–Crippen LogP) is 2.81. The van der Waals surface area contributed by atoms with Crippen LogP contribution in [0.5, 0.6) is 11.8 Å². The topological polar surface area (TPSA) is 53.1 Å². The molecule has 7 heteroatoms. The van der Waals surface area contributed by atoms with E-state index < -0.39 is 11.7 Å². The lowest BCUT2D eigenvalue weighted by molar-refractivity contribution is -0.137. The van der Waals surface area contributed by atoms with Crippen molar-refractivity contribution in [3.8, 4) is 11.8 Å². The van der Waals surface area contributed by atoms with Gasteiger partial charge in [-0.05, 0) is 18.2 Å². The average molecular weight is 257 g/mol. The Kier molecular flexibility index (Phi) is 2.90. The second-order valence-corrected chi connectivity index (χ2v) is 3.65. The van der Waals surface area contributed by atoms with Gasteiger partial charge < -0.3 is 10.5 Å². The number of alkyl halides is 3. The molecule has 4 nitrogen and oxygen atoms in total. The lowest BCUT2D eigenvalue weighted by Crippen LogP contribution is -2.05. The van der Waals surface area contributed by atoms with Crippen molar-refractivity contribution in [2.75, 3.05) is 5.73 Å². The van der Waals surface area contributed by atoms with Crippen molar-refractivity contribution in [2.45, 2.75) is 6.18 Å². The van der Waals surface area contributed by atoms with Crippen molar-refractivity contribution in [1.82, 2.24) is 9.55 Å². The van der Waals surface area contributed by atoms with Gasteiger partial charge in [-0.25, -0.2) is 4.98 Å². The maximum absolute atomic E-state index is 12.5. The molecule has 18 heavy (non-hydrogen) atoms. The molecule has 0 saturated carbocycles. The van der Waals surface area contributed by atoms with Gasteiger partial charge in [-0.3, -0.25) is 4.57 Å². The molecule has 96 valence electrons. The van der Waals surface area contributed by atoms with Gasteiger partial charge in [-0.1, -0.05) is 6.07 Å². The van der Waals surface area contributed by atoms with Crippen molar-refractivity contribution in [1.29, 1.82) is 0 Å². The fourth-order valence-electron chi connectivity index (χ4n) is 1.34. The van der Waals surface area contributed by atoms with E-state index in [1.807, 2.05) is 0 Å². The zero-order valence-electron chi connectivity index (χ0n) is 9.40. The zero-order valence-corrected chi connectivity index (χ0v) is 9.40. The van der Waals surface area contributed by atoms with Crippen LogP contribution in [0.3, 0.4) is 0 Å². The van der Waals surface area contributed by atoms with Crippen molar-refractivity contribution in [3.63, 3.8) is 0 Å². The summed E-state index contributed by atoms with van der Waals surface area (Å²) in [5, 5.41) is 0. The van der Waals surface area contributed by atoms with Gasteiger partial charge >= 0.3 is 12.2 Å². The third-order valence-electron chi connectivity index (χ3n) is 2.35. The molecule has 2 rings (SSSR count).